The van der Waals surface area contributed by atoms with Crippen LogP contribution in [0.25, 0.3) is 11.0 Å². The number of hydrogen-bond acceptors (Lipinski definition) is 4. The number of rotatable bonds is 4. The summed E-state index contributed by atoms with van der Waals surface area (Å²) in [6.45, 7) is 3.42. The fraction of sp³-hybridized carbons (Fsp3) is 0.400. The summed E-state index contributed by atoms with van der Waals surface area (Å²) < 4.78 is 4.98. The molecule has 0 fully saturated rings. The van der Waals surface area contributed by atoms with Crippen LogP contribution >= 0.6 is 0 Å². The van der Waals surface area contributed by atoms with Crippen molar-refractivity contribution in [2.24, 2.45) is 0 Å². The summed E-state index contributed by atoms with van der Waals surface area (Å²) in [5, 5.41) is 10.2. The SMILES string of the molecule is COCCNc1cc(C)nc2cn[nH]c12. The number of aromatic amines is 1. The molecule has 5 nitrogen and oxygen atoms in total. The predicted octanol–water partition coefficient (Wildman–Crippen LogP) is 1.32. The number of aromatic nitrogens is 3. The minimum absolute atomic E-state index is 0.678. The molecule has 0 spiro atoms. The van der Waals surface area contributed by atoms with Crippen molar-refractivity contribution in [1.29, 1.82) is 0 Å². The molecule has 0 bridgehead atoms. The molecular formula is C10H14N4O. The largest absolute Gasteiger partial charge is 0.383 e. The summed E-state index contributed by atoms with van der Waals surface area (Å²) >= 11 is 0. The van der Waals surface area contributed by atoms with E-state index in [1.807, 2.05) is 13.0 Å². The number of nitrogens with zero attached hydrogens (tertiary/aromatic N) is 2. The zero-order valence-electron chi connectivity index (χ0n) is 8.87. The summed E-state index contributed by atoms with van der Waals surface area (Å²) in [5.41, 5.74) is 3.82. The number of methoxy groups -OCH3 is 1. The Hall–Kier alpha value is -1.62. The normalized spacial score (nSPS) is 10.8. The van der Waals surface area contributed by atoms with Crippen LogP contribution in [0, 0.1) is 6.92 Å². The van der Waals surface area contributed by atoms with Crippen LogP contribution in [0.15, 0.2) is 12.3 Å². The van der Waals surface area contributed by atoms with Gasteiger partial charge in [-0.05, 0) is 13.0 Å². The molecule has 0 aliphatic rings. The molecule has 0 unspecified atom stereocenters. The third-order valence-electron chi connectivity index (χ3n) is 2.16. The highest BCUT2D eigenvalue weighted by molar-refractivity contribution is 5.87. The van der Waals surface area contributed by atoms with E-state index in [1.165, 1.54) is 0 Å². The van der Waals surface area contributed by atoms with Gasteiger partial charge < -0.3 is 10.1 Å². The van der Waals surface area contributed by atoms with Crippen molar-refractivity contribution in [3.05, 3.63) is 18.0 Å². The fourth-order valence-corrected chi connectivity index (χ4v) is 1.49. The lowest BCUT2D eigenvalue weighted by Gasteiger charge is -2.07. The molecule has 2 N–H and O–H groups in total. The van der Waals surface area contributed by atoms with Crippen LogP contribution in [-0.4, -0.2) is 35.4 Å². The second-order valence-electron chi connectivity index (χ2n) is 3.36. The number of pyridine rings is 1. The number of aryl methyl sites for hydroxylation is 1. The van der Waals surface area contributed by atoms with E-state index in [9.17, 15) is 0 Å². The zero-order valence-corrected chi connectivity index (χ0v) is 8.87. The maximum Gasteiger partial charge on any atom is 0.110 e. The van der Waals surface area contributed by atoms with Gasteiger partial charge in [-0.2, -0.15) is 5.10 Å². The molecular weight excluding hydrogens is 192 g/mol. The van der Waals surface area contributed by atoms with E-state index in [4.69, 9.17) is 4.74 Å². The van der Waals surface area contributed by atoms with Gasteiger partial charge in [0.05, 0.1) is 18.5 Å². The first-order valence-corrected chi connectivity index (χ1v) is 4.85. The molecule has 5 heteroatoms. The molecule has 15 heavy (non-hydrogen) atoms. The van der Waals surface area contributed by atoms with Crippen LogP contribution in [0.3, 0.4) is 0 Å². The maximum atomic E-state index is 4.98. The number of fused-ring (bicyclic) bond motifs is 1. The number of nitrogens with one attached hydrogen (secondary N) is 2. The zero-order chi connectivity index (χ0) is 10.7. The van der Waals surface area contributed by atoms with Gasteiger partial charge in [0.15, 0.2) is 0 Å². The van der Waals surface area contributed by atoms with E-state index in [0.29, 0.717) is 6.61 Å². The van der Waals surface area contributed by atoms with Gasteiger partial charge in [0.1, 0.15) is 11.0 Å². The van der Waals surface area contributed by atoms with Gasteiger partial charge in [-0.15, -0.1) is 0 Å². The van der Waals surface area contributed by atoms with Gasteiger partial charge in [0, 0.05) is 19.3 Å². The van der Waals surface area contributed by atoms with Gasteiger partial charge in [-0.1, -0.05) is 0 Å². The molecule has 0 saturated carbocycles. The lowest BCUT2D eigenvalue weighted by molar-refractivity contribution is 0.211. The van der Waals surface area contributed by atoms with Crippen molar-refractivity contribution >= 4 is 16.7 Å². The lowest BCUT2D eigenvalue weighted by atomic mass is 10.3. The average Bonchev–Trinajstić information content (AvgIpc) is 2.65. The minimum atomic E-state index is 0.678. The van der Waals surface area contributed by atoms with E-state index in [0.717, 1.165) is 29.0 Å². The molecule has 0 aliphatic heterocycles. The quantitative estimate of drug-likeness (QED) is 0.741. The summed E-state index contributed by atoms with van der Waals surface area (Å²) in [6.07, 6.45) is 1.73. The maximum absolute atomic E-state index is 4.98. The Morgan fingerprint density at radius 3 is 3.20 bits per heavy atom. The number of anilines is 1. The van der Waals surface area contributed by atoms with E-state index in [2.05, 4.69) is 20.5 Å². The molecule has 0 amide bonds. The molecule has 2 aromatic heterocycles. The molecule has 2 rings (SSSR count). The highest BCUT2D eigenvalue weighted by atomic mass is 16.5. The topological polar surface area (TPSA) is 62.8 Å². The van der Waals surface area contributed by atoms with Gasteiger partial charge in [0.25, 0.3) is 0 Å². The van der Waals surface area contributed by atoms with Gasteiger partial charge in [0.2, 0.25) is 0 Å². The third-order valence-corrected chi connectivity index (χ3v) is 2.16. The molecule has 0 saturated heterocycles. The van der Waals surface area contributed by atoms with Crippen molar-refractivity contribution in [3.63, 3.8) is 0 Å². The third kappa shape index (κ3) is 2.07. The minimum Gasteiger partial charge on any atom is -0.383 e. The summed E-state index contributed by atoms with van der Waals surface area (Å²) in [5.74, 6) is 0. The summed E-state index contributed by atoms with van der Waals surface area (Å²) in [6, 6.07) is 2.00. The summed E-state index contributed by atoms with van der Waals surface area (Å²) in [7, 11) is 1.69. The van der Waals surface area contributed by atoms with Gasteiger partial charge >= 0.3 is 0 Å². The second kappa shape index (κ2) is 4.27. The highest BCUT2D eigenvalue weighted by Gasteiger charge is 2.04. The fourth-order valence-electron chi connectivity index (χ4n) is 1.49. The first kappa shape index (κ1) is 9.92. The molecule has 2 heterocycles. The Morgan fingerprint density at radius 1 is 1.53 bits per heavy atom. The van der Waals surface area contributed by atoms with Gasteiger partial charge in [-0.3, -0.25) is 5.10 Å². The smallest absolute Gasteiger partial charge is 0.110 e. The van der Waals surface area contributed by atoms with Crippen LogP contribution in [0.2, 0.25) is 0 Å². The molecule has 2 aromatic rings. The second-order valence-corrected chi connectivity index (χ2v) is 3.36. The van der Waals surface area contributed by atoms with Gasteiger partial charge in [-0.25, -0.2) is 4.98 Å². The average molecular weight is 206 g/mol. The molecule has 0 aromatic carbocycles. The van der Waals surface area contributed by atoms with E-state index in [1.54, 1.807) is 13.3 Å². The lowest BCUT2D eigenvalue weighted by Crippen LogP contribution is -2.08. The molecule has 80 valence electrons. The standard InChI is InChI=1S/C10H14N4O/c1-7-5-8(11-3-4-15-2)10-9(13-7)6-12-14-10/h5-6H,3-4H2,1-2H3,(H,11,13)(H,12,14). The number of H-pyrrole nitrogens is 1. The number of hydrogen-bond donors (Lipinski definition) is 2. The Balaban J connectivity index is 2.27. The monoisotopic (exact) mass is 206 g/mol. The van der Waals surface area contributed by atoms with E-state index < -0.39 is 0 Å². The Morgan fingerprint density at radius 2 is 2.40 bits per heavy atom. The molecule has 0 radical (unpaired) electrons. The van der Waals surface area contributed by atoms with E-state index >= 15 is 0 Å². The van der Waals surface area contributed by atoms with Crippen molar-refractivity contribution < 1.29 is 4.74 Å². The van der Waals surface area contributed by atoms with Crippen LogP contribution in [-0.2, 0) is 4.74 Å². The van der Waals surface area contributed by atoms with Crippen LogP contribution < -0.4 is 5.32 Å². The highest BCUT2D eigenvalue weighted by Crippen LogP contribution is 2.19. The van der Waals surface area contributed by atoms with Crippen molar-refractivity contribution in [2.75, 3.05) is 25.6 Å². The summed E-state index contributed by atoms with van der Waals surface area (Å²) in [4.78, 5) is 4.36. The Kier molecular flexibility index (Phi) is 2.82. The molecule has 0 atom stereocenters. The first-order valence-electron chi connectivity index (χ1n) is 4.85. The van der Waals surface area contributed by atoms with Crippen LogP contribution in [0.5, 0.6) is 0 Å². The molecule has 0 aliphatic carbocycles. The number of ether oxygens (including phenoxy) is 1. The van der Waals surface area contributed by atoms with E-state index in [-0.39, 0.29) is 0 Å². The van der Waals surface area contributed by atoms with Crippen molar-refractivity contribution in [1.82, 2.24) is 15.2 Å². The Labute approximate surface area is 87.9 Å². The first-order chi connectivity index (χ1) is 7.31. The van der Waals surface area contributed by atoms with Crippen LogP contribution in [0.1, 0.15) is 5.69 Å². The van der Waals surface area contributed by atoms with Crippen molar-refractivity contribution in [2.45, 2.75) is 6.92 Å². The van der Waals surface area contributed by atoms with Crippen molar-refractivity contribution in [3.8, 4) is 0 Å². The van der Waals surface area contributed by atoms with Crippen LogP contribution in [0.4, 0.5) is 5.69 Å². The Bertz CT molecular complexity index is 452. The predicted molar refractivity (Wildman–Crippen MR) is 59.0 cm³/mol.